The van der Waals surface area contributed by atoms with Crippen LogP contribution in [-0.4, -0.2) is 15.9 Å². The predicted molar refractivity (Wildman–Crippen MR) is 77.1 cm³/mol. The van der Waals surface area contributed by atoms with E-state index in [2.05, 4.69) is 15.3 Å². The molecular weight excluding hydrogens is 269 g/mol. The van der Waals surface area contributed by atoms with E-state index < -0.39 is 0 Å². The molecule has 0 spiro atoms. The second kappa shape index (κ2) is 5.66. The highest BCUT2D eigenvalue weighted by molar-refractivity contribution is 5.97. The van der Waals surface area contributed by atoms with Gasteiger partial charge in [0.25, 0.3) is 5.91 Å². The predicted octanol–water partition coefficient (Wildman–Crippen LogP) is 2.70. The molecule has 21 heavy (non-hydrogen) atoms. The fourth-order valence-corrected chi connectivity index (χ4v) is 2.02. The molecule has 1 aromatic heterocycles. The van der Waals surface area contributed by atoms with Gasteiger partial charge in [-0.1, -0.05) is 18.2 Å². The van der Waals surface area contributed by atoms with Gasteiger partial charge in [-0.2, -0.15) is 0 Å². The third kappa shape index (κ3) is 2.86. The highest BCUT2D eigenvalue weighted by atomic mass is 19.1. The molecule has 0 bridgehead atoms. The van der Waals surface area contributed by atoms with Crippen LogP contribution < -0.4 is 5.32 Å². The van der Waals surface area contributed by atoms with E-state index in [1.54, 1.807) is 48.8 Å². The minimum Gasteiger partial charge on any atom is -0.348 e. The molecule has 2 aromatic carbocycles. The summed E-state index contributed by atoms with van der Waals surface area (Å²) in [5, 5.41) is 2.69. The summed E-state index contributed by atoms with van der Waals surface area (Å²) in [6.45, 7) is 0.143. The van der Waals surface area contributed by atoms with E-state index >= 15 is 0 Å². The Morgan fingerprint density at radius 1 is 1.05 bits per heavy atom. The first-order valence-electron chi connectivity index (χ1n) is 6.46. The van der Waals surface area contributed by atoms with Crippen molar-refractivity contribution >= 4 is 16.9 Å². The maximum absolute atomic E-state index is 13.5. The lowest BCUT2D eigenvalue weighted by Gasteiger charge is -2.06. The molecule has 0 aliphatic carbocycles. The monoisotopic (exact) mass is 281 g/mol. The quantitative estimate of drug-likeness (QED) is 0.803. The molecular formula is C16H12FN3O. The summed E-state index contributed by atoms with van der Waals surface area (Å²) in [7, 11) is 0. The van der Waals surface area contributed by atoms with Gasteiger partial charge in [0.2, 0.25) is 0 Å². The zero-order chi connectivity index (χ0) is 14.7. The van der Waals surface area contributed by atoms with Crippen molar-refractivity contribution in [3.05, 3.63) is 71.8 Å². The Bertz CT molecular complexity index is 804. The number of aromatic nitrogens is 2. The fourth-order valence-electron chi connectivity index (χ4n) is 2.02. The first kappa shape index (κ1) is 13.2. The van der Waals surface area contributed by atoms with Crippen molar-refractivity contribution in [1.29, 1.82) is 0 Å². The Morgan fingerprint density at radius 3 is 2.62 bits per heavy atom. The summed E-state index contributed by atoms with van der Waals surface area (Å²) < 4.78 is 13.5. The van der Waals surface area contributed by atoms with Crippen LogP contribution in [-0.2, 0) is 6.54 Å². The van der Waals surface area contributed by atoms with Gasteiger partial charge in [-0.25, -0.2) is 4.39 Å². The van der Waals surface area contributed by atoms with Crippen molar-refractivity contribution in [3.63, 3.8) is 0 Å². The molecule has 0 fully saturated rings. The summed E-state index contributed by atoms with van der Waals surface area (Å²) in [6, 6.07) is 11.4. The SMILES string of the molecule is O=C(NCc1ccccc1F)c1ccc2nccnc2c1. The highest BCUT2D eigenvalue weighted by Crippen LogP contribution is 2.11. The van der Waals surface area contributed by atoms with Gasteiger partial charge in [-0.3, -0.25) is 14.8 Å². The van der Waals surface area contributed by atoms with E-state index in [0.717, 1.165) is 5.52 Å². The molecule has 4 nitrogen and oxygen atoms in total. The Hall–Kier alpha value is -2.82. The zero-order valence-electron chi connectivity index (χ0n) is 11.1. The number of halogens is 1. The van der Waals surface area contributed by atoms with Crippen molar-refractivity contribution in [3.8, 4) is 0 Å². The van der Waals surface area contributed by atoms with Gasteiger partial charge in [0.15, 0.2) is 0 Å². The molecule has 104 valence electrons. The third-order valence-electron chi connectivity index (χ3n) is 3.13. The third-order valence-corrected chi connectivity index (χ3v) is 3.13. The van der Waals surface area contributed by atoms with E-state index in [1.807, 2.05) is 0 Å². The lowest BCUT2D eigenvalue weighted by atomic mass is 10.1. The van der Waals surface area contributed by atoms with E-state index in [4.69, 9.17) is 0 Å². The van der Waals surface area contributed by atoms with E-state index in [9.17, 15) is 9.18 Å². The highest BCUT2D eigenvalue weighted by Gasteiger charge is 2.08. The standard InChI is InChI=1S/C16H12FN3O/c17-13-4-2-1-3-12(13)10-20-16(21)11-5-6-14-15(9-11)19-8-7-18-14/h1-9H,10H2,(H,20,21). The summed E-state index contributed by atoms with van der Waals surface area (Å²) in [5.74, 6) is -0.604. The Morgan fingerprint density at radius 2 is 1.81 bits per heavy atom. The van der Waals surface area contributed by atoms with Crippen LogP contribution in [0.5, 0.6) is 0 Å². The summed E-state index contributed by atoms with van der Waals surface area (Å²) in [6.07, 6.45) is 3.17. The fraction of sp³-hybridized carbons (Fsp3) is 0.0625. The number of amides is 1. The van der Waals surface area contributed by atoms with Gasteiger partial charge in [0.05, 0.1) is 11.0 Å². The molecule has 0 atom stereocenters. The first-order chi connectivity index (χ1) is 10.2. The smallest absolute Gasteiger partial charge is 0.251 e. The molecule has 0 saturated carbocycles. The lowest BCUT2D eigenvalue weighted by Crippen LogP contribution is -2.23. The van der Waals surface area contributed by atoms with Crippen molar-refractivity contribution in [2.75, 3.05) is 0 Å². The Balaban J connectivity index is 1.76. The van der Waals surface area contributed by atoms with Crippen LogP contribution in [0.4, 0.5) is 4.39 Å². The van der Waals surface area contributed by atoms with Gasteiger partial charge in [0, 0.05) is 30.1 Å². The summed E-state index contributed by atoms with van der Waals surface area (Å²) in [5.41, 5.74) is 2.30. The van der Waals surface area contributed by atoms with Gasteiger partial charge in [0.1, 0.15) is 5.82 Å². The van der Waals surface area contributed by atoms with Crippen LogP contribution in [0.15, 0.2) is 54.9 Å². The van der Waals surface area contributed by atoms with Crippen LogP contribution in [0.25, 0.3) is 11.0 Å². The molecule has 3 rings (SSSR count). The molecule has 0 aliphatic rings. The van der Waals surface area contributed by atoms with E-state index in [0.29, 0.717) is 16.6 Å². The first-order valence-corrected chi connectivity index (χ1v) is 6.46. The van der Waals surface area contributed by atoms with Crippen LogP contribution in [0, 0.1) is 5.82 Å². The second-order valence-electron chi connectivity index (χ2n) is 4.53. The number of benzene rings is 2. The van der Waals surface area contributed by atoms with Crippen LogP contribution in [0.1, 0.15) is 15.9 Å². The van der Waals surface area contributed by atoms with Gasteiger partial charge < -0.3 is 5.32 Å². The van der Waals surface area contributed by atoms with Gasteiger partial charge in [-0.05, 0) is 24.3 Å². The van der Waals surface area contributed by atoms with Crippen molar-refractivity contribution in [1.82, 2.24) is 15.3 Å². The van der Waals surface area contributed by atoms with E-state index in [1.165, 1.54) is 6.07 Å². The summed E-state index contributed by atoms with van der Waals surface area (Å²) >= 11 is 0. The van der Waals surface area contributed by atoms with Crippen LogP contribution >= 0.6 is 0 Å². The minimum absolute atomic E-state index is 0.143. The molecule has 0 aliphatic heterocycles. The molecule has 3 aromatic rings. The van der Waals surface area contributed by atoms with E-state index in [-0.39, 0.29) is 18.3 Å². The molecule has 0 radical (unpaired) electrons. The number of fused-ring (bicyclic) bond motifs is 1. The number of carbonyl (C=O) groups is 1. The lowest BCUT2D eigenvalue weighted by molar-refractivity contribution is 0.0950. The number of nitrogens with one attached hydrogen (secondary N) is 1. The molecule has 0 saturated heterocycles. The largest absolute Gasteiger partial charge is 0.348 e. The number of nitrogens with zero attached hydrogens (tertiary/aromatic N) is 2. The zero-order valence-corrected chi connectivity index (χ0v) is 11.1. The van der Waals surface area contributed by atoms with Crippen LogP contribution in [0.3, 0.4) is 0 Å². The number of rotatable bonds is 3. The maximum Gasteiger partial charge on any atom is 0.251 e. The Kier molecular flexibility index (Phi) is 3.55. The molecule has 1 heterocycles. The Labute approximate surface area is 120 Å². The molecule has 5 heteroatoms. The average Bonchev–Trinajstić information content (AvgIpc) is 2.53. The van der Waals surface area contributed by atoms with Crippen molar-refractivity contribution in [2.24, 2.45) is 0 Å². The maximum atomic E-state index is 13.5. The summed E-state index contributed by atoms with van der Waals surface area (Å²) in [4.78, 5) is 20.4. The van der Waals surface area contributed by atoms with Gasteiger partial charge >= 0.3 is 0 Å². The number of hydrogen-bond acceptors (Lipinski definition) is 3. The number of hydrogen-bond donors (Lipinski definition) is 1. The van der Waals surface area contributed by atoms with Crippen molar-refractivity contribution < 1.29 is 9.18 Å². The number of carbonyl (C=O) groups excluding carboxylic acids is 1. The molecule has 0 unspecified atom stereocenters. The topological polar surface area (TPSA) is 54.9 Å². The second-order valence-corrected chi connectivity index (χ2v) is 4.53. The molecule has 1 amide bonds. The minimum atomic E-state index is -0.331. The molecule has 1 N–H and O–H groups in total. The normalized spacial score (nSPS) is 10.5. The van der Waals surface area contributed by atoms with Gasteiger partial charge in [-0.15, -0.1) is 0 Å². The average molecular weight is 281 g/mol. The van der Waals surface area contributed by atoms with Crippen LogP contribution in [0.2, 0.25) is 0 Å². The van der Waals surface area contributed by atoms with Crippen molar-refractivity contribution in [2.45, 2.75) is 6.54 Å².